The molecule has 0 spiro atoms. The summed E-state index contributed by atoms with van der Waals surface area (Å²) in [7, 11) is 0. The summed E-state index contributed by atoms with van der Waals surface area (Å²) < 4.78 is 5.73. The Kier molecular flexibility index (Phi) is 4.30. The summed E-state index contributed by atoms with van der Waals surface area (Å²) in [6.07, 6.45) is 7.17. The van der Waals surface area contributed by atoms with E-state index in [-0.39, 0.29) is 17.9 Å². The van der Waals surface area contributed by atoms with E-state index in [4.69, 9.17) is 4.74 Å². The largest absolute Gasteiger partial charge is 0.492 e. The first kappa shape index (κ1) is 17.3. The van der Waals surface area contributed by atoms with Crippen molar-refractivity contribution in [3.63, 3.8) is 0 Å². The van der Waals surface area contributed by atoms with Crippen LogP contribution in [0.5, 0.6) is 5.75 Å². The second kappa shape index (κ2) is 6.97. The fourth-order valence-corrected chi connectivity index (χ4v) is 3.89. The second-order valence-corrected chi connectivity index (χ2v) is 8.14. The number of H-pyrrole nitrogens is 1. The van der Waals surface area contributed by atoms with E-state index in [1.54, 1.807) is 6.20 Å². The quantitative estimate of drug-likeness (QED) is 0.646. The minimum absolute atomic E-state index is 0.0455. The molecule has 0 unspecified atom stereocenters. The van der Waals surface area contributed by atoms with Gasteiger partial charge in [0.05, 0.1) is 24.5 Å². The number of fused-ring (bicyclic) bond motifs is 1. The Bertz CT molecular complexity index is 991. The maximum absolute atomic E-state index is 12.7. The van der Waals surface area contributed by atoms with Gasteiger partial charge in [-0.3, -0.25) is 9.78 Å². The number of nitrogens with one attached hydrogen (secondary N) is 2. The van der Waals surface area contributed by atoms with Crippen molar-refractivity contribution in [2.24, 2.45) is 11.8 Å². The van der Waals surface area contributed by atoms with Gasteiger partial charge in [-0.1, -0.05) is 12.1 Å². The molecule has 1 aromatic carbocycles. The molecule has 0 aliphatic heterocycles. The number of carbonyl (C=O) groups excluding carboxylic acids is 1. The van der Waals surface area contributed by atoms with Crippen LogP contribution in [0.1, 0.15) is 49.4 Å². The lowest BCUT2D eigenvalue weighted by molar-refractivity contribution is -0.123. The molecule has 5 rings (SSSR count). The summed E-state index contributed by atoms with van der Waals surface area (Å²) in [6, 6.07) is 12.1. The number of carbonyl (C=O) groups is 1. The molecule has 5 heteroatoms. The van der Waals surface area contributed by atoms with Gasteiger partial charge in [0.1, 0.15) is 5.75 Å². The first-order chi connectivity index (χ1) is 13.7. The zero-order valence-corrected chi connectivity index (χ0v) is 16.0. The van der Waals surface area contributed by atoms with Crippen LogP contribution in [0.3, 0.4) is 0 Å². The molecule has 3 atom stereocenters. The third-order valence-electron chi connectivity index (χ3n) is 5.90. The minimum Gasteiger partial charge on any atom is -0.492 e. The highest BCUT2D eigenvalue weighted by Gasteiger charge is 2.45. The predicted molar refractivity (Wildman–Crippen MR) is 108 cm³/mol. The summed E-state index contributed by atoms with van der Waals surface area (Å²) >= 11 is 0. The fourth-order valence-electron chi connectivity index (χ4n) is 3.89. The molecule has 1 amide bonds. The lowest BCUT2D eigenvalue weighted by Gasteiger charge is -2.14. The van der Waals surface area contributed by atoms with Gasteiger partial charge in [-0.25, -0.2) is 0 Å². The zero-order valence-electron chi connectivity index (χ0n) is 16.0. The first-order valence-corrected chi connectivity index (χ1v) is 10.1. The fraction of sp³-hybridized carbons (Fsp3) is 0.391. The topological polar surface area (TPSA) is 67.0 Å². The molecule has 2 aliphatic carbocycles. The molecule has 2 fully saturated rings. The van der Waals surface area contributed by atoms with Crippen LogP contribution in [0.2, 0.25) is 0 Å². The Labute approximate surface area is 164 Å². The van der Waals surface area contributed by atoms with Crippen LogP contribution in [-0.2, 0) is 4.79 Å². The van der Waals surface area contributed by atoms with Crippen LogP contribution in [0, 0.1) is 11.8 Å². The number of benzene rings is 1. The van der Waals surface area contributed by atoms with Crippen molar-refractivity contribution in [1.82, 2.24) is 15.3 Å². The number of pyridine rings is 1. The van der Waals surface area contributed by atoms with Gasteiger partial charge in [0.15, 0.2) is 0 Å². The molecular weight excluding hydrogens is 350 g/mol. The maximum Gasteiger partial charge on any atom is 0.224 e. The Hall–Kier alpha value is -2.82. The van der Waals surface area contributed by atoms with Gasteiger partial charge in [0.25, 0.3) is 0 Å². The van der Waals surface area contributed by atoms with Gasteiger partial charge < -0.3 is 15.0 Å². The molecule has 28 heavy (non-hydrogen) atoms. The highest BCUT2D eigenvalue weighted by Crippen LogP contribution is 2.49. The SMILES string of the molecule is C[C@@H](NC(=O)[C@@H]1C[C@H]1c1cccc2[nH]ccc12)c1ccc(OCC2CC2)cn1. The molecule has 0 saturated heterocycles. The van der Waals surface area contributed by atoms with Crippen LogP contribution in [0.25, 0.3) is 10.9 Å². The molecule has 2 heterocycles. The van der Waals surface area contributed by atoms with E-state index in [9.17, 15) is 4.79 Å². The van der Waals surface area contributed by atoms with Gasteiger partial charge in [0.2, 0.25) is 5.91 Å². The van der Waals surface area contributed by atoms with Crippen molar-refractivity contribution in [2.45, 2.75) is 38.1 Å². The zero-order chi connectivity index (χ0) is 19.1. The lowest BCUT2D eigenvalue weighted by atomic mass is 10.0. The standard InChI is InChI=1S/C23H25N3O2/c1-14(21-8-7-16(12-25-21)28-13-15-5-6-15)26-23(27)20-11-19(20)17-3-2-4-22-18(17)9-10-24-22/h2-4,7-10,12,14-15,19-20,24H,5-6,11,13H2,1H3,(H,26,27)/t14-,19+,20-/m1/s1. The number of hydrogen-bond donors (Lipinski definition) is 2. The number of rotatable bonds is 7. The molecular formula is C23H25N3O2. The van der Waals surface area contributed by atoms with Crippen molar-refractivity contribution < 1.29 is 9.53 Å². The average molecular weight is 375 g/mol. The minimum atomic E-state index is -0.116. The van der Waals surface area contributed by atoms with E-state index in [1.807, 2.05) is 25.3 Å². The number of hydrogen-bond acceptors (Lipinski definition) is 3. The van der Waals surface area contributed by atoms with Gasteiger partial charge >= 0.3 is 0 Å². The molecule has 0 bridgehead atoms. The number of aromatic nitrogens is 2. The van der Waals surface area contributed by atoms with E-state index in [0.29, 0.717) is 5.92 Å². The van der Waals surface area contributed by atoms with Crippen molar-refractivity contribution in [1.29, 1.82) is 0 Å². The Morgan fingerprint density at radius 2 is 2.18 bits per heavy atom. The molecule has 0 radical (unpaired) electrons. The van der Waals surface area contributed by atoms with Crippen LogP contribution in [-0.4, -0.2) is 22.5 Å². The van der Waals surface area contributed by atoms with Crippen molar-refractivity contribution in [3.05, 3.63) is 60.0 Å². The smallest absolute Gasteiger partial charge is 0.224 e. The van der Waals surface area contributed by atoms with Crippen molar-refractivity contribution in [2.75, 3.05) is 6.61 Å². The van der Waals surface area contributed by atoms with Crippen LogP contribution < -0.4 is 10.1 Å². The Balaban J connectivity index is 1.19. The highest BCUT2D eigenvalue weighted by atomic mass is 16.5. The van der Waals surface area contributed by atoms with Crippen LogP contribution >= 0.6 is 0 Å². The van der Waals surface area contributed by atoms with E-state index in [0.717, 1.165) is 35.9 Å². The van der Waals surface area contributed by atoms with Crippen LogP contribution in [0.15, 0.2) is 48.8 Å². The summed E-state index contributed by atoms with van der Waals surface area (Å²) in [6.45, 7) is 2.76. The molecule has 2 N–H and O–H groups in total. The predicted octanol–water partition coefficient (Wildman–Crippen LogP) is 4.33. The Morgan fingerprint density at radius 1 is 1.29 bits per heavy atom. The maximum atomic E-state index is 12.7. The number of amides is 1. The number of ether oxygens (including phenoxy) is 1. The van der Waals surface area contributed by atoms with Gasteiger partial charge in [-0.2, -0.15) is 0 Å². The monoisotopic (exact) mass is 375 g/mol. The first-order valence-electron chi connectivity index (χ1n) is 10.1. The third-order valence-corrected chi connectivity index (χ3v) is 5.90. The van der Waals surface area contributed by atoms with E-state index < -0.39 is 0 Å². The normalized spacial score (nSPS) is 22.0. The molecule has 2 aromatic heterocycles. The number of aromatic amines is 1. The Morgan fingerprint density at radius 3 is 2.96 bits per heavy atom. The van der Waals surface area contributed by atoms with E-state index >= 15 is 0 Å². The van der Waals surface area contributed by atoms with Gasteiger partial charge in [-0.15, -0.1) is 0 Å². The highest BCUT2D eigenvalue weighted by molar-refractivity contribution is 5.88. The average Bonchev–Trinajstić information content (AvgIpc) is 3.63. The molecule has 2 aliphatic rings. The molecule has 144 valence electrons. The summed E-state index contributed by atoms with van der Waals surface area (Å²) in [4.78, 5) is 20.4. The van der Waals surface area contributed by atoms with Gasteiger partial charge in [0, 0.05) is 23.0 Å². The van der Waals surface area contributed by atoms with Gasteiger partial charge in [-0.05, 0) is 67.9 Å². The van der Waals surface area contributed by atoms with E-state index in [1.165, 1.54) is 23.8 Å². The van der Waals surface area contributed by atoms with Crippen molar-refractivity contribution >= 4 is 16.8 Å². The number of nitrogens with zero attached hydrogens (tertiary/aromatic N) is 1. The molecule has 3 aromatic rings. The van der Waals surface area contributed by atoms with Crippen molar-refractivity contribution in [3.8, 4) is 5.75 Å². The summed E-state index contributed by atoms with van der Waals surface area (Å²) in [5.41, 5.74) is 3.25. The second-order valence-electron chi connectivity index (χ2n) is 8.14. The molecule has 2 saturated carbocycles. The molecule has 5 nitrogen and oxygen atoms in total. The van der Waals surface area contributed by atoms with E-state index in [2.05, 4.69) is 39.6 Å². The lowest BCUT2D eigenvalue weighted by Crippen LogP contribution is -2.28. The van der Waals surface area contributed by atoms with Crippen LogP contribution in [0.4, 0.5) is 0 Å². The summed E-state index contributed by atoms with van der Waals surface area (Å²) in [5.74, 6) is 1.99. The summed E-state index contributed by atoms with van der Waals surface area (Å²) in [5, 5.41) is 4.35. The third kappa shape index (κ3) is 3.49.